The van der Waals surface area contributed by atoms with E-state index in [9.17, 15) is 8.78 Å². The number of nitrogens with zero attached hydrogens (tertiary/aromatic N) is 4. The Morgan fingerprint density at radius 1 is 1.15 bits per heavy atom. The van der Waals surface area contributed by atoms with Gasteiger partial charge in [-0.1, -0.05) is 6.92 Å². The molecular weight excluding hydrogens is 356 g/mol. The summed E-state index contributed by atoms with van der Waals surface area (Å²) in [4.78, 5) is 0. The fraction of sp³-hybridized carbons (Fsp3) is 0.167. The second-order valence-electron chi connectivity index (χ2n) is 5.80. The van der Waals surface area contributed by atoms with Crippen LogP contribution in [0.15, 0.2) is 47.2 Å². The third-order valence-electron chi connectivity index (χ3n) is 4.11. The predicted molar refractivity (Wildman–Crippen MR) is 97.1 cm³/mol. The van der Waals surface area contributed by atoms with Gasteiger partial charge in [0.25, 0.3) is 0 Å². The van der Waals surface area contributed by atoms with Crippen LogP contribution in [0.4, 0.5) is 14.6 Å². The zero-order valence-corrected chi connectivity index (χ0v) is 14.7. The Morgan fingerprint density at radius 3 is 2.81 bits per heavy atom. The van der Waals surface area contributed by atoms with Crippen LogP contribution in [0.1, 0.15) is 24.9 Å². The molecule has 1 unspecified atom stereocenters. The lowest BCUT2D eigenvalue weighted by molar-refractivity contribution is 0.566. The third-order valence-corrected chi connectivity index (χ3v) is 4.79. The first-order valence-corrected chi connectivity index (χ1v) is 9.06. The fourth-order valence-electron chi connectivity index (χ4n) is 2.80. The number of nitrogens with one attached hydrogen (secondary N) is 1. The monoisotopic (exact) mass is 371 g/mol. The molecule has 3 heterocycles. The zero-order valence-electron chi connectivity index (χ0n) is 13.9. The van der Waals surface area contributed by atoms with Crippen molar-refractivity contribution in [1.82, 2.24) is 19.8 Å². The van der Waals surface area contributed by atoms with Crippen LogP contribution in [0.5, 0.6) is 0 Å². The van der Waals surface area contributed by atoms with Crippen molar-refractivity contribution < 1.29 is 8.78 Å². The molecular formula is C18H15F2N5S. The van der Waals surface area contributed by atoms with Gasteiger partial charge in [-0.3, -0.25) is 0 Å². The van der Waals surface area contributed by atoms with E-state index in [1.165, 1.54) is 6.07 Å². The Bertz CT molecular complexity index is 1050. The molecule has 1 aromatic carbocycles. The maximum Gasteiger partial charge on any atom is 0.186 e. The SMILES string of the molecule is CCC(Nc1ccc2nnc(-c3ccsc3)n2n1)c1cc(F)ccc1F. The highest BCUT2D eigenvalue weighted by Gasteiger charge is 2.17. The van der Waals surface area contributed by atoms with Gasteiger partial charge in [-0.2, -0.15) is 15.9 Å². The molecule has 5 nitrogen and oxygen atoms in total. The lowest BCUT2D eigenvalue weighted by Gasteiger charge is -2.18. The lowest BCUT2D eigenvalue weighted by atomic mass is 10.0. The van der Waals surface area contributed by atoms with Gasteiger partial charge in [-0.25, -0.2) is 8.78 Å². The topological polar surface area (TPSA) is 55.1 Å². The van der Waals surface area contributed by atoms with Crippen LogP contribution in [-0.2, 0) is 0 Å². The number of benzene rings is 1. The number of hydrogen-bond acceptors (Lipinski definition) is 5. The van der Waals surface area contributed by atoms with E-state index in [-0.39, 0.29) is 5.56 Å². The molecule has 26 heavy (non-hydrogen) atoms. The van der Waals surface area contributed by atoms with Crippen LogP contribution in [0.3, 0.4) is 0 Å². The Labute approximate surface area is 152 Å². The highest BCUT2D eigenvalue weighted by molar-refractivity contribution is 7.08. The van der Waals surface area contributed by atoms with Crippen molar-refractivity contribution in [1.29, 1.82) is 0 Å². The molecule has 0 bridgehead atoms. The number of fused-ring (bicyclic) bond motifs is 1. The minimum absolute atomic E-state index is 0.274. The van der Waals surface area contributed by atoms with E-state index < -0.39 is 17.7 Å². The minimum atomic E-state index is -0.469. The Balaban J connectivity index is 1.70. The van der Waals surface area contributed by atoms with Crippen LogP contribution in [0, 0.1) is 11.6 Å². The highest BCUT2D eigenvalue weighted by Crippen LogP contribution is 2.26. The van der Waals surface area contributed by atoms with Crippen molar-refractivity contribution in [2.24, 2.45) is 0 Å². The lowest BCUT2D eigenvalue weighted by Crippen LogP contribution is -2.14. The van der Waals surface area contributed by atoms with E-state index in [1.54, 1.807) is 28.0 Å². The summed E-state index contributed by atoms with van der Waals surface area (Å²) in [5.74, 6) is 0.248. The largest absolute Gasteiger partial charge is 0.362 e. The van der Waals surface area contributed by atoms with E-state index in [0.717, 1.165) is 17.7 Å². The first-order chi connectivity index (χ1) is 12.7. The van der Waals surface area contributed by atoms with Gasteiger partial charge in [-0.15, -0.1) is 15.3 Å². The van der Waals surface area contributed by atoms with Gasteiger partial charge in [0.15, 0.2) is 11.5 Å². The summed E-state index contributed by atoms with van der Waals surface area (Å²) in [5.41, 5.74) is 1.81. The molecule has 0 radical (unpaired) electrons. The summed E-state index contributed by atoms with van der Waals surface area (Å²) in [6.45, 7) is 1.90. The molecule has 0 aliphatic rings. The smallest absolute Gasteiger partial charge is 0.186 e. The van der Waals surface area contributed by atoms with Crippen molar-refractivity contribution in [3.63, 3.8) is 0 Å². The summed E-state index contributed by atoms with van der Waals surface area (Å²) in [6.07, 6.45) is 0.569. The zero-order chi connectivity index (χ0) is 18.1. The van der Waals surface area contributed by atoms with Crippen molar-refractivity contribution in [2.75, 3.05) is 5.32 Å². The van der Waals surface area contributed by atoms with Crippen LogP contribution in [0.25, 0.3) is 17.0 Å². The maximum absolute atomic E-state index is 14.1. The summed E-state index contributed by atoms with van der Waals surface area (Å²) < 4.78 is 29.3. The van der Waals surface area contributed by atoms with Crippen LogP contribution >= 0.6 is 11.3 Å². The van der Waals surface area contributed by atoms with Gasteiger partial charge in [0.1, 0.15) is 17.5 Å². The molecule has 132 valence electrons. The molecule has 0 spiro atoms. The van der Waals surface area contributed by atoms with E-state index in [2.05, 4.69) is 20.6 Å². The number of hydrogen-bond donors (Lipinski definition) is 1. The fourth-order valence-corrected chi connectivity index (χ4v) is 3.43. The van der Waals surface area contributed by atoms with E-state index >= 15 is 0 Å². The van der Waals surface area contributed by atoms with Crippen molar-refractivity contribution in [3.05, 3.63) is 64.4 Å². The normalized spacial score (nSPS) is 12.4. The maximum atomic E-state index is 14.1. The molecule has 4 rings (SSSR count). The number of halogens is 2. The molecule has 0 aliphatic heterocycles. The van der Waals surface area contributed by atoms with Crippen molar-refractivity contribution in [2.45, 2.75) is 19.4 Å². The molecule has 1 N–H and O–H groups in total. The Hall–Kier alpha value is -2.87. The second-order valence-corrected chi connectivity index (χ2v) is 6.58. The molecule has 0 aliphatic carbocycles. The van der Waals surface area contributed by atoms with E-state index in [1.807, 2.05) is 23.8 Å². The van der Waals surface area contributed by atoms with Crippen molar-refractivity contribution >= 4 is 22.8 Å². The van der Waals surface area contributed by atoms with Gasteiger partial charge >= 0.3 is 0 Å². The molecule has 4 aromatic rings. The molecule has 0 saturated carbocycles. The molecule has 0 fully saturated rings. The average molecular weight is 371 g/mol. The van der Waals surface area contributed by atoms with Gasteiger partial charge in [-0.05, 0) is 48.2 Å². The number of aromatic nitrogens is 4. The molecule has 3 aromatic heterocycles. The molecule has 0 saturated heterocycles. The molecule has 8 heteroatoms. The standard InChI is InChI=1S/C18H15F2N5S/c1-2-15(13-9-12(19)3-4-14(13)20)21-16-5-6-17-22-23-18(25(17)24-16)11-7-8-26-10-11/h3-10,15H,2H2,1H3,(H,21,24). The van der Waals surface area contributed by atoms with Gasteiger partial charge in [0.05, 0.1) is 6.04 Å². The Kier molecular flexibility index (Phi) is 4.34. The summed E-state index contributed by atoms with van der Waals surface area (Å²) >= 11 is 1.56. The van der Waals surface area contributed by atoms with Gasteiger partial charge in [0, 0.05) is 16.5 Å². The van der Waals surface area contributed by atoms with Crippen LogP contribution < -0.4 is 5.32 Å². The number of thiophene rings is 1. The van der Waals surface area contributed by atoms with Crippen molar-refractivity contribution in [3.8, 4) is 11.4 Å². The first kappa shape index (κ1) is 16.6. The van der Waals surface area contributed by atoms with E-state index in [4.69, 9.17) is 0 Å². The Morgan fingerprint density at radius 2 is 2.04 bits per heavy atom. The summed E-state index contributed by atoms with van der Waals surface area (Å²) in [7, 11) is 0. The average Bonchev–Trinajstić information content (AvgIpc) is 3.30. The first-order valence-electron chi connectivity index (χ1n) is 8.12. The van der Waals surface area contributed by atoms with Gasteiger partial charge < -0.3 is 5.32 Å². The van der Waals surface area contributed by atoms with Crippen LogP contribution in [-0.4, -0.2) is 19.8 Å². The second kappa shape index (κ2) is 6.80. The quantitative estimate of drug-likeness (QED) is 0.553. The summed E-state index contributed by atoms with van der Waals surface area (Å²) in [6, 6.07) is 8.54. The number of rotatable bonds is 5. The molecule has 1 atom stereocenters. The number of anilines is 1. The molecule has 0 amide bonds. The third kappa shape index (κ3) is 3.03. The van der Waals surface area contributed by atoms with Gasteiger partial charge in [0.2, 0.25) is 0 Å². The van der Waals surface area contributed by atoms with E-state index in [0.29, 0.717) is 23.7 Å². The van der Waals surface area contributed by atoms with Crippen LogP contribution in [0.2, 0.25) is 0 Å². The summed E-state index contributed by atoms with van der Waals surface area (Å²) in [5, 5.41) is 19.9. The minimum Gasteiger partial charge on any atom is -0.362 e. The highest BCUT2D eigenvalue weighted by atomic mass is 32.1. The predicted octanol–water partition coefficient (Wildman–Crippen LogP) is 4.69.